The van der Waals surface area contributed by atoms with Crippen molar-refractivity contribution >= 4 is 16.9 Å². The summed E-state index contributed by atoms with van der Waals surface area (Å²) in [6.45, 7) is 1.53. The Morgan fingerprint density at radius 1 is 0.962 bits per heavy atom. The van der Waals surface area contributed by atoms with Gasteiger partial charge in [-0.2, -0.15) is 0 Å². The third-order valence-electron chi connectivity index (χ3n) is 4.00. The number of urea groups is 1. The fourth-order valence-electron chi connectivity index (χ4n) is 2.68. The van der Waals surface area contributed by atoms with Crippen LogP contribution in [0.5, 0.6) is 5.75 Å². The predicted molar refractivity (Wildman–Crippen MR) is 103 cm³/mol. The van der Waals surface area contributed by atoms with Crippen molar-refractivity contribution < 1.29 is 9.53 Å². The highest BCUT2D eigenvalue weighted by molar-refractivity contribution is 5.79. The largest absolute Gasteiger partial charge is 0.492 e. The van der Waals surface area contributed by atoms with Gasteiger partial charge in [-0.25, -0.2) is 4.79 Å². The third-order valence-corrected chi connectivity index (χ3v) is 4.00. The second-order valence-electron chi connectivity index (χ2n) is 5.98. The maximum Gasteiger partial charge on any atom is 0.314 e. The number of nitrogens with one attached hydrogen (secondary N) is 2. The van der Waals surface area contributed by atoms with Crippen LogP contribution in [0.25, 0.3) is 10.9 Å². The fourth-order valence-corrected chi connectivity index (χ4v) is 2.68. The molecule has 134 valence electrons. The van der Waals surface area contributed by atoms with Crippen molar-refractivity contribution in [2.75, 3.05) is 19.7 Å². The van der Waals surface area contributed by atoms with Gasteiger partial charge in [0.15, 0.2) is 0 Å². The summed E-state index contributed by atoms with van der Waals surface area (Å²) < 4.78 is 5.68. The molecule has 2 N–H and O–H groups in total. The van der Waals surface area contributed by atoms with Gasteiger partial charge in [-0.05, 0) is 42.7 Å². The summed E-state index contributed by atoms with van der Waals surface area (Å²) >= 11 is 0. The normalized spacial score (nSPS) is 10.5. The van der Waals surface area contributed by atoms with E-state index in [-0.39, 0.29) is 6.03 Å². The lowest BCUT2D eigenvalue weighted by molar-refractivity contribution is 0.236. The molecular weight excluding hydrogens is 326 g/mol. The molecule has 5 nitrogen and oxygen atoms in total. The average molecular weight is 349 g/mol. The summed E-state index contributed by atoms with van der Waals surface area (Å²) in [7, 11) is 0. The molecule has 3 rings (SSSR count). The van der Waals surface area contributed by atoms with Crippen molar-refractivity contribution in [3.8, 4) is 5.75 Å². The number of aryl methyl sites for hydroxylation is 1. The molecule has 0 aliphatic heterocycles. The van der Waals surface area contributed by atoms with Crippen molar-refractivity contribution in [3.05, 3.63) is 72.4 Å². The molecule has 2 aromatic carbocycles. The van der Waals surface area contributed by atoms with E-state index in [1.165, 1.54) is 5.56 Å². The molecular formula is C21H23N3O2. The zero-order valence-corrected chi connectivity index (χ0v) is 14.7. The minimum Gasteiger partial charge on any atom is -0.492 e. The fraction of sp³-hybridized carbons (Fsp3) is 0.238. The number of fused-ring (bicyclic) bond motifs is 1. The molecule has 0 aliphatic rings. The zero-order valence-electron chi connectivity index (χ0n) is 14.7. The van der Waals surface area contributed by atoms with Gasteiger partial charge in [-0.1, -0.05) is 36.4 Å². The number of amides is 2. The highest BCUT2D eigenvalue weighted by atomic mass is 16.5. The third kappa shape index (κ3) is 5.48. The Morgan fingerprint density at radius 3 is 2.69 bits per heavy atom. The Kier molecular flexibility index (Phi) is 6.42. The van der Waals surface area contributed by atoms with Crippen LogP contribution in [0.15, 0.2) is 66.9 Å². The van der Waals surface area contributed by atoms with E-state index < -0.39 is 0 Å². The monoisotopic (exact) mass is 349 g/mol. The van der Waals surface area contributed by atoms with Gasteiger partial charge in [-0.15, -0.1) is 0 Å². The molecule has 0 atom stereocenters. The van der Waals surface area contributed by atoms with Crippen LogP contribution < -0.4 is 15.4 Å². The van der Waals surface area contributed by atoms with Gasteiger partial charge in [-0.3, -0.25) is 4.98 Å². The first kappa shape index (κ1) is 17.7. The molecule has 0 bridgehead atoms. The van der Waals surface area contributed by atoms with Crippen molar-refractivity contribution in [3.63, 3.8) is 0 Å². The van der Waals surface area contributed by atoms with E-state index in [1.54, 1.807) is 6.20 Å². The highest BCUT2D eigenvalue weighted by Gasteiger charge is 2.01. The van der Waals surface area contributed by atoms with E-state index in [2.05, 4.69) is 27.8 Å². The highest BCUT2D eigenvalue weighted by Crippen LogP contribution is 2.18. The number of hydrogen-bond acceptors (Lipinski definition) is 3. The molecule has 0 spiro atoms. The van der Waals surface area contributed by atoms with Crippen molar-refractivity contribution in [1.29, 1.82) is 0 Å². The van der Waals surface area contributed by atoms with Gasteiger partial charge in [0, 0.05) is 18.1 Å². The molecule has 2 amide bonds. The maximum atomic E-state index is 11.8. The van der Waals surface area contributed by atoms with Crippen LogP contribution in [-0.2, 0) is 6.42 Å². The van der Waals surface area contributed by atoms with Gasteiger partial charge in [0.1, 0.15) is 12.4 Å². The topological polar surface area (TPSA) is 63.2 Å². The van der Waals surface area contributed by atoms with E-state index in [9.17, 15) is 4.79 Å². The Hall–Kier alpha value is -3.08. The number of hydrogen-bond donors (Lipinski definition) is 2. The first-order valence-corrected chi connectivity index (χ1v) is 8.84. The van der Waals surface area contributed by atoms with E-state index >= 15 is 0 Å². The van der Waals surface area contributed by atoms with Crippen molar-refractivity contribution in [1.82, 2.24) is 15.6 Å². The molecule has 0 fully saturated rings. The van der Waals surface area contributed by atoms with E-state index in [0.29, 0.717) is 19.7 Å². The molecule has 0 saturated heterocycles. The van der Waals surface area contributed by atoms with Crippen LogP contribution >= 0.6 is 0 Å². The van der Waals surface area contributed by atoms with E-state index in [1.807, 2.05) is 48.5 Å². The van der Waals surface area contributed by atoms with Gasteiger partial charge in [0.2, 0.25) is 0 Å². The van der Waals surface area contributed by atoms with Crippen LogP contribution in [0.4, 0.5) is 4.79 Å². The lowest BCUT2D eigenvalue weighted by Gasteiger charge is -2.09. The summed E-state index contributed by atoms with van der Waals surface area (Å²) in [5.74, 6) is 0.774. The summed E-state index contributed by atoms with van der Waals surface area (Å²) in [6, 6.07) is 19.8. The molecule has 1 aromatic heterocycles. The zero-order chi connectivity index (χ0) is 18.0. The molecule has 3 aromatic rings. The SMILES string of the molecule is O=C(NCCCc1ccccc1)NCCOc1ccc2ncccc2c1. The van der Waals surface area contributed by atoms with Crippen LogP contribution in [0.1, 0.15) is 12.0 Å². The lowest BCUT2D eigenvalue weighted by atomic mass is 10.1. The summed E-state index contributed by atoms with van der Waals surface area (Å²) in [5.41, 5.74) is 2.22. The maximum absolute atomic E-state index is 11.8. The summed E-state index contributed by atoms with van der Waals surface area (Å²) in [5, 5.41) is 6.70. The lowest BCUT2D eigenvalue weighted by Crippen LogP contribution is -2.38. The molecule has 0 unspecified atom stereocenters. The first-order chi connectivity index (χ1) is 12.8. The van der Waals surface area contributed by atoms with Gasteiger partial charge in [0.05, 0.1) is 12.1 Å². The molecule has 5 heteroatoms. The van der Waals surface area contributed by atoms with Crippen LogP contribution in [0.2, 0.25) is 0 Å². The number of aromatic nitrogens is 1. The smallest absolute Gasteiger partial charge is 0.314 e. The van der Waals surface area contributed by atoms with E-state index in [0.717, 1.165) is 29.5 Å². The second kappa shape index (κ2) is 9.42. The Morgan fingerprint density at radius 2 is 1.81 bits per heavy atom. The van der Waals surface area contributed by atoms with Crippen molar-refractivity contribution in [2.45, 2.75) is 12.8 Å². The number of pyridine rings is 1. The quantitative estimate of drug-likeness (QED) is 0.611. The first-order valence-electron chi connectivity index (χ1n) is 8.84. The molecule has 26 heavy (non-hydrogen) atoms. The molecule has 0 saturated carbocycles. The average Bonchev–Trinajstić information content (AvgIpc) is 2.69. The molecule has 0 aliphatic carbocycles. The standard InChI is InChI=1S/C21H23N3O2/c25-21(23-13-4-8-17-6-2-1-3-7-17)24-14-15-26-19-10-11-20-18(16-19)9-5-12-22-20/h1-3,5-7,9-12,16H,4,8,13-15H2,(H2,23,24,25). The number of carbonyl (C=O) groups is 1. The Bertz CT molecular complexity index is 837. The van der Waals surface area contributed by atoms with Gasteiger partial charge >= 0.3 is 6.03 Å². The van der Waals surface area contributed by atoms with Crippen LogP contribution in [0.3, 0.4) is 0 Å². The van der Waals surface area contributed by atoms with Gasteiger partial charge < -0.3 is 15.4 Å². The number of ether oxygens (including phenoxy) is 1. The van der Waals surface area contributed by atoms with E-state index in [4.69, 9.17) is 4.74 Å². The van der Waals surface area contributed by atoms with Crippen LogP contribution in [-0.4, -0.2) is 30.7 Å². The number of carbonyl (C=O) groups excluding carboxylic acids is 1. The predicted octanol–water partition coefficient (Wildman–Crippen LogP) is 3.55. The summed E-state index contributed by atoms with van der Waals surface area (Å²) in [4.78, 5) is 16.0. The Balaban J connectivity index is 1.29. The molecule has 1 heterocycles. The van der Waals surface area contributed by atoms with Crippen LogP contribution in [0, 0.1) is 0 Å². The number of rotatable bonds is 8. The minimum atomic E-state index is -0.163. The van der Waals surface area contributed by atoms with Gasteiger partial charge in [0.25, 0.3) is 0 Å². The summed E-state index contributed by atoms with van der Waals surface area (Å²) in [6.07, 6.45) is 3.64. The van der Waals surface area contributed by atoms with Crippen molar-refractivity contribution in [2.24, 2.45) is 0 Å². The second-order valence-corrected chi connectivity index (χ2v) is 5.98. The number of benzene rings is 2. The molecule has 0 radical (unpaired) electrons. The minimum absolute atomic E-state index is 0.163. The Labute approximate surface area is 153 Å². The number of nitrogens with zero attached hydrogens (tertiary/aromatic N) is 1.